The molecular weight excluding hydrogens is 366 g/mol. The summed E-state index contributed by atoms with van der Waals surface area (Å²) in [6, 6.07) is 5.77. The molecule has 0 fully saturated rings. The van der Waals surface area contributed by atoms with Gasteiger partial charge in [0.05, 0.1) is 19.1 Å². The summed E-state index contributed by atoms with van der Waals surface area (Å²) in [5.41, 5.74) is -2.00. The van der Waals surface area contributed by atoms with E-state index in [2.05, 4.69) is 23.7 Å². The normalized spacial score (nSPS) is 10.8. The van der Waals surface area contributed by atoms with Gasteiger partial charge in [-0.25, -0.2) is 0 Å². The van der Waals surface area contributed by atoms with E-state index in [9.17, 15) is 24.8 Å². The molecule has 0 saturated heterocycles. The van der Waals surface area contributed by atoms with Gasteiger partial charge >= 0.3 is 11.9 Å². The summed E-state index contributed by atoms with van der Waals surface area (Å²) in [4.78, 5) is 35.1. The first-order chi connectivity index (χ1) is 13.3. The second kappa shape index (κ2) is 10.4. The van der Waals surface area contributed by atoms with Gasteiger partial charge in [0.25, 0.3) is 5.69 Å². The quantitative estimate of drug-likeness (QED) is 0.266. The Morgan fingerprint density at radius 2 is 1.79 bits per heavy atom. The predicted octanol–water partition coefficient (Wildman–Crippen LogP) is 1.06. The summed E-state index contributed by atoms with van der Waals surface area (Å²) in [7, 11) is 2.17. The molecule has 1 rings (SSSR count). The molecule has 0 bridgehead atoms. The number of carbonyl (C=O) groups is 2. The second-order valence-electron chi connectivity index (χ2n) is 5.39. The molecule has 0 radical (unpaired) electrons. The Labute approximate surface area is 162 Å². The van der Waals surface area contributed by atoms with Gasteiger partial charge in [0.2, 0.25) is 0 Å². The molecule has 1 unspecified atom stereocenters. The lowest BCUT2D eigenvalue weighted by atomic mass is 9.81. The van der Waals surface area contributed by atoms with Crippen LogP contribution in [0.4, 0.5) is 5.69 Å². The van der Waals surface area contributed by atoms with Crippen LogP contribution in [0.2, 0.25) is 0 Å². The number of rotatable bonds is 5. The number of aliphatic hydroxyl groups is 1. The van der Waals surface area contributed by atoms with E-state index in [-0.39, 0.29) is 24.1 Å². The number of hydrogen-bond donors (Lipinski definition) is 1. The van der Waals surface area contributed by atoms with Crippen LogP contribution in [0, 0.1) is 51.6 Å². The zero-order valence-corrected chi connectivity index (χ0v) is 15.2. The molecule has 8 nitrogen and oxygen atoms in total. The smallest absolute Gasteiger partial charge is 0.325 e. The monoisotopic (exact) mass is 383 g/mol. The molecule has 1 aromatic carbocycles. The molecule has 0 spiro atoms. The van der Waals surface area contributed by atoms with Crippen LogP contribution in [-0.4, -0.2) is 42.3 Å². The average molecular weight is 383 g/mol. The SMILES string of the molecule is C#CC(O)C#CCC(CC#Cc1ccccc1[N+](=O)[O-])(C(=O)OC)C(=O)OC. The van der Waals surface area contributed by atoms with Crippen molar-refractivity contribution in [3.8, 4) is 36.0 Å². The van der Waals surface area contributed by atoms with Gasteiger partial charge in [-0.15, -0.1) is 6.42 Å². The van der Waals surface area contributed by atoms with E-state index in [0.717, 1.165) is 14.2 Å². The van der Waals surface area contributed by atoms with Crippen molar-refractivity contribution >= 4 is 17.6 Å². The minimum Gasteiger partial charge on any atom is -0.468 e. The molecule has 1 N–H and O–H groups in total. The van der Waals surface area contributed by atoms with Crippen LogP contribution in [0.15, 0.2) is 24.3 Å². The largest absolute Gasteiger partial charge is 0.468 e. The molecule has 0 aliphatic carbocycles. The number of benzene rings is 1. The fraction of sp³-hybridized carbons (Fsp3) is 0.300. The Balaban J connectivity index is 3.32. The molecule has 0 heterocycles. The van der Waals surface area contributed by atoms with Gasteiger partial charge in [-0.05, 0) is 6.07 Å². The molecule has 0 aliphatic heterocycles. The van der Waals surface area contributed by atoms with E-state index in [1.807, 2.05) is 5.92 Å². The van der Waals surface area contributed by atoms with Crippen LogP contribution >= 0.6 is 0 Å². The first kappa shape index (κ1) is 22.2. The highest BCUT2D eigenvalue weighted by Crippen LogP contribution is 2.30. The zero-order chi connectivity index (χ0) is 21.2. The summed E-state index contributed by atoms with van der Waals surface area (Å²) >= 11 is 0. The second-order valence-corrected chi connectivity index (χ2v) is 5.39. The highest BCUT2D eigenvalue weighted by atomic mass is 16.6. The molecule has 1 atom stereocenters. The third-order valence-electron chi connectivity index (χ3n) is 3.65. The van der Waals surface area contributed by atoms with Gasteiger partial charge < -0.3 is 14.6 Å². The van der Waals surface area contributed by atoms with Crippen LogP contribution in [0.25, 0.3) is 0 Å². The summed E-state index contributed by atoms with van der Waals surface area (Å²) in [6.07, 6.45) is 2.89. The van der Waals surface area contributed by atoms with Crippen molar-refractivity contribution in [3.05, 3.63) is 39.9 Å². The number of terminal acetylenes is 1. The lowest BCUT2D eigenvalue weighted by molar-refractivity contribution is -0.385. The number of ether oxygens (including phenoxy) is 2. The highest BCUT2D eigenvalue weighted by molar-refractivity contribution is 6.00. The third-order valence-corrected chi connectivity index (χ3v) is 3.65. The van der Waals surface area contributed by atoms with Crippen molar-refractivity contribution in [1.29, 1.82) is 0 Å². The lowest BCUT2D eigenvalue weighted by Gasteiger charge is -2.24. The van der Waals surface area contributed by atoms with E-state index in [1.54, 1.807) is 6.07 Å². The minimum absolute atomic E-state index is 0.116. The standard InChI is InChI=1S/C20H17NO7/c1-4-16(22)11-8-14-20(18(23)27-2,19(24)28-3)13-7-10-15-9-5-6-12-17(15)21(25)26/h1,5-6,9,12,16,22H,13-14H2,2-3H3. The molecule has 144 valence electrons. The fourth-order valence-electron chi connectivity index (χ4n) is 2.19. The number of nitro groups is 1. The van der Waals surface area contributed by atoms with Gasteiger partial charge in [-0.2, -0.15) is 0 Å². The van der Waals surface area contributed by atoms with Crippen LogP contribution in [0.1, 0.15) is 18.4 Å². The Bertz CT molecular complexity index is 906. The Kier molecular flexibility index (Phi) is 8.24. The summed E-state index contributed by atoms with van der Waals surface area (Å²) in [6.45, 7) is 0. The van der Waals surface area contributed by atoms with E-state index >= 15 is 0 Å². The first-order valence-corrected chi connectivity index (χ1v) is 7.84. The van der Waals surface area contributed by atoms with Crippen molar-refractivity contribution in [2.45, 2.75) is 18.9 Å². The highest BCUT2D eigenvalue weighted by Gasteiger charge is 2.47. The van der Waals surface area contributed by atoms with E-state index in [4.69, 9.17) is 15.9 Å². The van der Waals surface area contributed by atoms with E-state index in [1.165, 1.54) is 18.2 Å². The van der Waals surface area contributed by atoms with Crippen LogP contribution in [-0.2, 0) is 19.1 Å². The molecular formula is C20H17NO7. The molecule has 8 heteroatoms. The zero-order valence-electron chi connectivity index (χ0n) is 15.2. The first-order valence-electron chi connectivity index (χ1n) is 7.84. The van der Waals surface area contributed by atoms with Crippen molar-refractivity contribution in [2.75, 3.05) is 14.2 Å². The van der Waals surface area contributed by atoms with E-state index in [0.29, 0.717) is 0 Å². The van der Waals surface area contributed by atoms with Gasteiger partial charge in [0.1, 0.15) is 5.56 Å². The number of esters is 2. The lowest BCUT2D eigenvalue weighted by Crippen LogP contribution is -2.41. The van der Waals surface area contributed by atoms with Crippen molar-refractivity contribution < 1.29 is 29.1 Å². The molecule has 0 saturated carbocycles. The van der Waals surface area contributed by atoms with Crippen LogP contribution in [0.5, 0.6) is 0 Å². The number of carbonyl (C=O) groups excluding carboxylic acids is 2. The molecule has 28 heavy (non-hydrogen) atoms. The average Bonchev–Trinajstić information content (AvgIpc) is 2.71. The van der Waals surface area contributed by atoms with Gasteiger partial charge in [-0.1, -0.05) is 41.7 Å². The maximum Gasteiger partial charge on any atom is 0.325 e. The molecule has 1 aromatic rings. The van der Waals surface area contributed by atoms with Gasteiger partial charge in [-0.3, -0.25) is 19.7 Å². The number of hydrogen-bond acceptors (Lipinski definition) is 7. The fourth-order valence-corrected chi connectivity index (χ4v) is 2.19. The summed E-state index contributed by atoms with van der Waals surface area (Å²) in [5.74, 6) is 10.0. The number of nitro benzene ring substituents is 1. The number of nitrogens with zero attached hydrogens (tertiary/aromatic N) is 1. The summed E-state index contributed by atoms with van der Waals surface area (Å²) < 4.78 is 9.40. The minimum atomic E-state index is -1.90. The molecule has 0 aromatic heterocycles. The molecule has 0 amide bonds. The number of aliphatic hydroxyl groups excluding tert-OH is 1. The van der Waals surface area contributed by atoms with Crippen molar-refractivity contribution in [2.24, 2.45) is 5.41 Å². The Hall–Kier alpha value is -3.80. The summed E-state index contributed by atoms with van der Waals surface area (Å²) in [5, 5.41) is 20.4. The van der Waals surface area contributed by atoms with E-state index < -0.39 is 28.4 Å². The maximum absolute atomic E-state index is 12.3. The maximum atomic E-state index is 12.3. The Morgan fingerprint density at radius 1 is 1.21 bits per heavy atom. The van der Waals surface area contributed by atoms with Crippen LogP contribution in [0.3, 0.4) is 0 Å². The van der Waals surface area contributed by atoms with Crippen molar-refractivity contribution in [1.82, 2.24) is 0 Å². The number of methoxy groups -OCH3 is 2. The predicted molar refractivity (Wildman–Crippen MR) is 98.3 cm³/mol. The van der Waals surface area contributed by atoms with Crippen LogP contribution < -0.4 is 0 Å². The number of para-hydroxylation sites is 1. The molecule has 0 aliphatic rings. The van der Waals surface area contributed by atoms with Gasteiger partial charge in [0.15, 0.2) is 11.5 Å². The van der Waals surface area contributed by atoms with Gasteiger partial charge in [0, 0.05) is 18.9 Å². The van der Waals surface area contributed by atoms with Crippen molar-refractivity contribution in [3.63, 3.8) is 0 Å². The Morgan fingerprint density at radius 3 is 2.32 bits per heavy atom. The topological polar surface area (TPSA) is 116 Å². The third kappa shape index (κ3) is 5.35.